The monoisotopic (exact) mass is 249 g/mol. The molecule has 4 heteroatoms. The molecule has 0 amide bonds. The van der Waals surface area contributed by atoms with Gasteiger partial charge in [-0.2, -0.15) is 0 Å². The summed E-state index contributed by atoms with van der Waals surface area (Å²) in [6, 6.07) is 4.29. The first-order valence-corrected chi connectivity index (χ1v) is 7.17. The van der Waals surface area contributed by atoms with Crippen LogP contribution in [0.25, 0.3) is 0 Å². The SMILES string of the molecule is CC1CCC2(CN=C(N)N2Cc2cccs2)C1. The first kappa shape index (κ1) is 11.1. The lowest BCUT2D eigenvalue weighted by Gasteiger charge is -2.36. The molecule has 2 N–H and O–H groups in total. The van der Waals surface area contributed by atoms with Gasteiger partial charge in [0.1, 0.15) is 0 Å². The summed E-state index contributed by atoms with van der Waals surface area (Å²) in [5.41, 5.74) is 6.31. The Morgan fingerprint density at radius 3 is 3.18 bits per heavy atom. The van der Waals surface area contributed by atoms with Crippen LogP contribution in [0, 0.1) is 5.92 Å². The number of guanidine groups is 1. The molecule has 92 valence electrons. The molecule has 1 aromatic rings. The molecule has 2 aliphatic rings. The minimum Gasteiger partial charge on any atom is -0.370 e. The van der Waals surface area contributed by atoms with E-state index >= 15 is 0 Å². The molecule has 0 saturated heterocycles. The number of aliphatic imine (C=N–C) groups is 1. The number of nitrogens with two attached hydrogens (primary N) is 1. The van der Waals surface area contributed by atoms with Crippen LogP contribution < -0.4 is 5.73 Å². The zero-order valence-corrected chi connectivity index (χ0v) is 11.0. The zero-order chi connectivity index (χ0) is 11.9. The van der Waals surface area contributed by atoms with Gasteiger partial charge in [-0.25, -0.2) is 0 Å². The molecule has 3 nitrogen and oxygen atoms in total. The van der Waals surface area contributed by atoms with Crippen LogP contribution >= 0.6 is 11.3 Å². The third-order valence-corrected chi connectivity index (χ3v) is 4.97. The quantitative estimate of drug-likeness (QED) is 0.874. The predicted molar refractivity (Wildman–Crippen MR) is 72.1 cm³/mol. The van der Waals surface area contributed by atoms with Gasteiger partial charge in [-0.05, 0) is 36.6 Å². The third-order valence-electron chi connectivity index (χ3n) is 4.11. The van der Waals surface area contributed by atoms with Crippen LogP contribution in [0.2, 0.25) is 0 Å². The summed E-state index contributed by atoms with van der Waals surface area (Å²) in [7, 11) is 0. The van der Waals surface area contributed by atoms with Crippen LogP contribution in [-0.4, -0.2) is 22.9 Å². The number of nitrogens with zero attached hydrogens (tertiary/aromatic N) is 2. The van der Waals surface area contributed by atoms with Crippen LogP contribution in [-0.2, 0) is 6.54 Å². The maximum absolute atomic E-state index is 6.08. The van der Waals surface area contributed by atoms with Crippen molar-refractivity contribution in [3.8, 4) is 0 Å². The highest BCUT2D eigenvalue weighted by Crippen LogP contribution is 2.42. The predicted octanol–water partition coefficient (Wildman–Crippen LogP) is 2.44. The van der Waals surface area contributed by atoms with Gasteiger partial charge in [-0.15, -0.1) is 11.3 Å². The maximum atomic E-state index is 6.08. The van der Waals surface area contributed by atoms with E-state index in [-0.39, 0.29) is 5.54 Å². The molecule has 2 atom stereocenters. The average Bonchev–Trinajstić information content (AvgIpc) is 2.98. The van der Waals surface area contributed by atoms with E-state index in [0.29, 0.717) is 0 Å². The van der Waals surface area contributed by atoms with Crippen molar-refractivity contribution < 1.29 is 0 Å². The lowest BCUT2D eigenvalue weighted by molar-refractivity contribution is 0.195. The molecule has 1 aliphatic heterocycles. The van der Waals surface area contributed by atoms with E-state index in [1.807, 2.05) is 0 Å². The Balaban J connectivity index is 1.82. The smallest absolute Gasteiger partial charge is 0.192 e. The van der Waals surface area contributed by atoms with E-state index in [0.717, 1.165) is 25.0 Å². The summed E-state index contributed by atoms with van der Waals surface area (Å²) in [4.78, 5) is 8.22. The molecule has 1 aliphatic carbocycles. The van der Waals surface area contributed by atoms with E-state index in [1.54, 1.807) is 11.3 Å². The van der Waals surface area contributed by atoms with Gasteiger partial charge in [0.2, 0.25) is 0 Å². The van der Waals surface area contributed by atoms with E-state index in [1.165, 1.54) is 24.1 Å². The highest BCUT2D eigenvalue weighted by Gasteiger charge is 2.46. The molecule has 0 radical (unpaired) electrons. The number of rotatable bonds is 2. The van der Waals surface area contributed by atoms with Crippen LogP contribution in [0.3, 0.4) is 0 Å². The second-order valence-electron chi connectivity index (χ2n) is 5.41. The minimum absolute atomic E-state index is 0.230. The van der Waals surface area contributed by atoms with E-state index < -0.39 is 0 Å². The van der Waals surface area contributed by atoms with Crippen molar-refractivity contribution in [2.45, 2.75) is 38.3 Å². The summed E-state index contributed by atoms with van der Waals surface area (Å²) >= 11 is 1.80. The molecule has 2 heterocycles. The van der Waals surface area contributed by atoms with Crippen LogP contribution in [0.1, 0.15) is 31.1 Å². The van der Waals surface area contributed by atoms with Crippen molar-refractivity contribution in [3.63, 3.8) is 0 Å². The van der Waals surface area contributed by atoms with Gasteiger partial charge >= 0.3 is 0 Å². The lowest BCUT2D eigenvalue weighted by Crippen LogP contribution is -2.49. The lowest BCUT2D eigenvalue weighted by atomic mass is 9.95. The summed E-state index contributed by atoms with van der Waals surface area (Å²) in [5, 5.41) is 2.13. The summed E-state index contributed by atoms with van der Waals surface area (Å²) in [6.07, 6.45) is 3.79. The highest BCUT2D eigenvalue weighted by atomic mass is 32.1. The summed E-state index contributed by atoms with van der Waals surface area (Å²) in [5.74, 6) is 1.55. The largest absolute Gasteiger partial charge is 0.370 e. The van der Waals surface area contributed by atoms with Gasteiger partial charge in [0.15, 0.2) is 5.96 Å². The van der Waals surface area contributed by atoms with Gasteiger partial charge in [-0.1, -0.05) is 13.0 Å². The Labute approximate surface area is 106 Å². The van der Waals surface area contributed by atoms with Crippen molar-refractivity contribution in [2.75, 3.05) is 6.54 Å². The highest BCUT2D eigenvalue weighted by molar-refractivity contribution is 7.09. The van der Waals surface area contributed by atoms with E-state index in [2.05, 4.69) is 34.3 Å². The third kappa shape index (κ3) is 1.84. The Morgan fingerprint density at radius 2 is 2.53 bits per heavy atom. The van der Waals surface area contributed by atoms with Crippen LogP contribution in [0.5, 0.6) is 0 Å². The second-order valence-corrected chi connectivity index (χ2v) is 6.44. The van der Waals surface area contributed by atoms with Crippen molar-refractivity contribution in [2.24, 2.45) is 16.6 Å². The summed E-state index contributed by atoms with van der Waals surface area (Å²) < 4.78 is 0. The Kier molecular flexibility index (Phi) is 2.62. The van der Waals surface area contributed by atoms with E-state index in [4.69, 9.17) is 5.73 Å². The number of thiophene rings is 1. The van der Waals surface area contributed by atoms with Crippen molar-refractivity contribution in [1.82, 2.24) is 4.90 Å². The number of hydrogen-bond donors (Lipinski definition) is 1. The van der Waals surface area contributed by atoms with Crippen LogP contribution in [0.4, 0.5) is 0 Å². The van der Waals surface area contributed by atoms with Crippen molar-refractivity contribution >= 4 is 17.3 Å². The molecule has 0 bridgehead atoms. The fraction of sp³-hybridized carbons (Fsp3) is 0.615. The molecular weight excluding hydrogens is 230 g/mol. The molecule has 2 unspecified atom stereocenters. The number of hydrogen-bond acceptors (Lipinski definition) is 4. The summed E-state index contributed by atoms with van der Waals surface area (Å²) in [6.45, 7) is 4.17. The molecule has 17 heavy (non-hydrogen) atoms. The molecule has 3 rings (SSSR count). The molecular formula is C13H19N3S. The van der Waals surface area contributed by atoms with Crippen LogP contribution in [0.15, 0.2) is 22.5 Å². The molecule has 0 aromatic carbocycles. The topological polar surface area (TPSA) is 41.6 Å². The van der Waals surface area contributed by atoms with Gasteiger partial charge < -0.3 is 10.6 Å². The van der Waals surface area contributed by atoms with Gasteiger partial charge in [-0.3, -0.25) is 4.99 Å². The normalized spacial score (nSPS) is 32.4. The first-order chi connectivity index (χ1) is 8.20. The maximum Gasteiger partial charge on any atom is 0.192 e. The molecule has 1 fully saturated rings. The standard InChI is InChI=1S/C13H19N3S/c1-10-4-5-13(7-10)9-15-12(14)16(13)8-11-3-2-6-17-11/h2-3,6,10H,4-5,7-9H2,1H3,(H2,14,15). The Bertz CT molecular complexity index is 426. The Hall–Kier alpha value is -1.03. The van der Waals surface area contributed by atoms with Crippen molar-refractivity contribution in [3.05, 3.63) is 22.4 Å². The molecule has 1 spiro atoms. The van der Waals surface area contributed by atoms with Gasteiger partial charge in [0.05, 0.1) is 18.6 Å². The Morgan fingerprint density at radius 1 is 1.65 bits per heavy atom. The minimum atomic E-state index is 0.230. The van der Waals surface area contributed by atoms with E-state index in [9.17, 15) is 0 Å². The van der Waals surface area contributed by atoms with Gasteiger partial charge in [0, 0.05) is 4.88 Å². The fourth-order valence-electron chi connectivity index (χ4n) is 3.21. The first-order valence-electron chi connectivity index (χ1n) is 6.30. The molecule has 1 saturated carbocycles. The van der Waals surface area contributed by atoms with Crippen molar-refractivity contribution in [1.29, 1.82) is 0 Å². The fourth-order valence-corrected chi connectivity index (χ4v) is 3.90. The average molecular weight is 249 g/mol. The van der Waals surface area contributed by atoms with Gasteiger partial charge in [0.25, 0.3) is 0 Å². The molecule has 1 aromatic heterocycles. The second kappa shape index (κ2) is 4.02. The zero-order valence-electron chi connectivity index (χ0n) is 10.2.